The number of hydrogen-bond donors (Lipinski definition) is 1. The smallest absolute Gasteiger partial charge is 0.207 e. The van der Waals surface area contributed by atoms with Crippen LogP contribution < -0.4 is 4.72 Å². The summed E-state index contributed by atoms with van der Waals surface area (Å²) in [6.45, 7) is -0.0358. The highest BCUT2D eigenvalue weighted by Gasteiger charge is 2.16. The van der Waals surface area contributed by atoms with Crippen LogP contribution in [0.2, 0.25) is 5.02 Å². The molecular formula is C11H9Cl2NO4S3. The molecule has 10 heteroatoms. The summed E-state index contributed by atoms with van der Waals surface area (Å²) in [6.07, 6.45) is 0. The average Bonchev–Trinajstić information content (AvgIpc) is 2.85. The van der Waals surface area contributed by atoms with Gasteiger partial charge < -0.3 is 0 Å². The molecule has 0 saturated carbocycles. The predicted octanol–water partition coefficient (Wildman–Crippen LogP) is 2.81. The summed E-state index contributed by atoms with van der Waals surface area (Å²) in [7, 11) is -2.31. The molecule has 0 saturated heterocycles. The van der Waals surface area contributed by atoms with Crippen LogP contribution >= 0.6 is 33.6 Å². The van der Waals surface area contributed by atoms with Crippen LogP contribution in [0.3, 0.4) is 0 Å². The monoisotopic (exact) mass is 385 g/mol. The van der Waals surface area contributed by atoms with Crippen molar-refractivity contribution in [3.05, 3.63) is 46.3 Å². The first-order chi connectivity index (χ1) is 9.68. The SMILES string of the molecule is O=S(=O)(Cl)c1ccc(CNS(=O)(=O)c2cccc(Cl)c2)s1. The van der Waals surface area contributed by atoms with E-state index in [-0.39, 0.29) is 15.6 Å². The van der Waals surface area contributed by atoms with E-state index in [0.717, 1.165) is 11.3 Å². The maximum Gasteiger partial charge on any atom is 0.270 e. The van der Waals surface area contributed by atoms with E-state index in [4.69, 9.17) is 22.3 Å². The number of nitrogens with one attached hydrogen (secondary N) is 1. The average molecular weight is 386 g/mol. The molecular weight excluding hydrogens is 377 g/mol. The Morgan fingerprint density at radius 3 is 2.38 bits per heavy atom. The molecule has 2 rings (SSSR count). The van der Waals surface area contributed by atoms with Crippen LogP contribution in [0.15, 0.2) is 45.5 Å². The minimum Gasteiger partial charge on any atom is -0.207 e. The lowest BCUT2D eigenvalue weighted by molar-refractivity contribution is 0.582. The van der Waals surface area contributed by atoms with Crippen LogP contribution in [-0.2, 0) is 25.6 Å². The largest absolute Gasteiger partial charge is 0.270 e. The summed E-state index contributed by atoms with van der Waals surface area (Å²) in [6, 6.07) is 8.67. The minimum absolute atomic E-state index is 0.0267. The van der Waals surface area contributed by atoms with Crippen LogP contribution in [0.4, 0.5) is 0 Å². The molecule has 0 unspecified atom stereocenters. The molecule has 0 atom stereocenters. The van der Waals surface area contributed by atoms with Crippen molar-refractivity contribution >= 4 is 52.7 Å². The Morgan fingerprint density at radius 1 is 1.10 bits per heavy atom. The van der Waals surface area contributed by atoms with Gasteiger partial charge in [0.15, 0.2) is 0 Å². The third kappa shape index (κ3) is 4.41. The van der Waals surface area contributed by atoms with E-state index in [1.807, 2.05) is 0 Å². The van der Waals surface area contributed by atoms with E-state index in [1.165, 1.54) is 30.3 Å². The van der Waals surface area contributed by atoms with E-state index in [0.29, 0.717) is 9.90 Å². The fourth-order valence-corrected chi connectivity index (χ4v) is 4.93. The van der Waals surface area contributed by atoms with Crippen LogP contribution in [0.5, 0.6) is 0 Å². The second-order valence-corrected chi connectivity index (χ2v) is 10.1. The molecule has 21 heavy (non-hydrogen) atoms. The third-order valence-corrected chi connectivity index (χ3v) is 7.23. The van der Waals surface area contributed by atoms with Crippen molar-refractivity contribution in [1.29, 1.82) is 0 Å². The Kier molecular flexibility index (Phi) is 4.96. The molecule has 114 valence electrons. The summed E-state index contributed by atoms with van der Waals surface area (Å²) in [5, 5.41) is 0.310. The zero-order chi connectivity index (χ0) is 15.7. The van der Waals surface area contributed by atoms with Gasteiger partial charge in [0, 0.05) is 27.1 Å². The summed E-state index contributed by atoms with van der Waals surface area (Å²) in [4.78, 5) is 0.566. The molecule has 0 aliphatic carbocycles. The maximum absolute atomic E-state index is 12.1. The van der Waals surface area contributed by atoms with Gasteiger partial charge in [0.05, 0.1) is 4.90 Å². The molecule has 0 radical (unpaired) electrons. The molecule has 0 aliphatic heterocycles. The van der Waals surface area contributed by atoms with Gasteiger partial charge in [0.2, 0.25) is 10.0 Å². The van der Waals surface area contributed by atoms with E-state index in [2.05, 4.69) is 4.72 Å². The van der Waals surface area contributed by atoms with Crippen LogP contribution in [0, 0.1) is 0 Å². The Balaban J connectivity index is 2.14. The molecule has 0 fully saturated rings. The standard InChI is InChI=1S/C11H9Cl2NO4S3/c12-8-2-1-3-10(6-8)21(17,18)14-7-9-4-5-11(19-9)20(13,15)16/h1-6,14H,7H2. The Hall–Kier alpha value is -0.640. The second-order valence-electron chi connectivity index (χ2n) is 3.94. The zero-order valence-electron chi connectivity index (χ0n) is 10.3. The number of benzene rings is 1. The van der Waals surface area contributed by atoms with E-state index >= 15 is 0 Å². The minimum atomic E-state index is -3.80. The fourth-order valence-electron chi connectivity index (χ4n) is 1.47. The molecule has 0 amide bonds. The first kappa shape index (κ1) is 16.7. The molecule has 1 heterocycles. The highest BCUT2D eigenvalue weighted by molar-refractivity contribution is 8.15. The lowest BCUT2D eigenvalue weighted by Crippen LogP contribution is -2.22. The topological polar surface area (TPSA) is 80.3 Å². The van der Waals surface area contributed by atoms with Crippen molar-refractivity contribution in [2.45, 2.75) is 15.6 Å². The summed E-state index contributed by atoms with van der Waals surface area (Å²) in [5.41, 5.74) is 0. The molecule has 0 aliphatic rings. The molecule has 1 aromatic carbocycles. The van der Waals surface area contributed by atoms with E-state index < -0.39 is 19.1 Å². The van der Waals surface area contributed by atoms with E-state index in [9.17, 15) is 16.8 Å². The first-order valence-corrected chi connectivity index (χ1v) is 10.5. The molecule has 5 nitrogen and oxygen atoms in total. The quantitative estimate of drug-likeness (QED) is 0.802. The molecule has 2 aromatic rings. The van der Waals surface area contributed by atoms with Gasteiger partial charge in [0.1, 0.15) is 4.21 Å². The normalized spacial score (nSPS) is 12.5. The Labute approximate surface area is 136 Å². The molecule has 0 bridgehead atoms. The Bertz CT molecular complexity index is 859. The predicted molar refractivity (Wildman–Crippen MR) is 82.8 cm³/mol. The van der Waals surface area contributed by atoms with Gasteiger partial charge >= 0.3 is 0 Å². The van der Waals surface area contributed by atoms with Crippen molar-refractivity contribution in [2.75, 3.05) is 0 Å². The van der Waals surface area contributed by atoms with Gasteiger partial charge in [-0.2, -0.15) is 0 Å². The van der Waals surface area contributed by atoms with Crippen molar-refractivity contribution < 1.29 is 16.8 Å². The Morgan fingerprint density at radius 2 is 1.81 bits per heavy atom. The number of hydrogen-bond acceptors (Lipinski definition) is 5. The lowest BCUT2D eigenvalue weighted by atomic mass is 10.4. The number of rotatable bonds is 5. The van der Waals surface area contributed by atoms with Gasteiger partial charge in [-0.05, 0) is 30.3 Å². The van der Waals surface area contributed by atoms with Gasteiger partial charge in [-0.1, -0.05) is 17.7 Å². The lowest BCUT2D eigenvalue weighted by Gasteiger charge is -2.05. The van der Waals surface area contributed by atoms with Gasteiger partial charge in [-0.25, -0.2) is 21.6 Å². The fraction of sp³-hybridized carbons (Fsp3) is 0.0909. The maximum atomic E-state index is 12.1. The highest BCUT2D eigenvalue weighted by atomic mass is 35.7. The number of halogens is 2. The zero-order valence-corrected chi connectivity index (χ0v) is 14.2. The second kappa shape index (κ2) is 6.23. The van der Waals surface area contributed by atoms with Crippen LogP contribution in [0.25, 0.3) is 0 Å². The number of thiophene rings is 1. The molecule has 0 spiro atoms. The van der Waals surface area contributed by atoms with Gasteiger partial charge in [0.25, 0.3) is 9.05 Å². The van der Waals surface area contributed by atoms with Crippen LogP contribution in [-0.4, -0.2) is 16.8 Å². The molecule has 1 N–H and O–H groups in total. The third-order valence-electron chi connectivity index (χ3n) is 2.42. The van der Waals surface area contributed by atoms with E-state index in [1.54, 1.807) is 6.07 Å². The van der Waals surface area contributed by atoms with Crippen molar-refractivity contribution in [3.8, 4) is 0 Å². The van der Waals surface area contributed by atoms with Crippen molar-refractivity contribution in [3.63, 3.8) is 0 Å². The highest BCUT2D eigenvalue weighted by Crippen LogP contribution is 2.25. The first-order valence-electron chi connectivity index (χ1n) is 5.47. The van der Waals surface area contributed by atoms with Gasteiger partial charge in [-0.3, -0.25) is 0 Å². The molecule has 1 aromatic heterocycles. The summed E-state index contributed by atoms with van der Waals surface area (Å²) >= 11 is 6.66. The number of sulfonamides is 1. The van der Waals surface area contributed by atoms with Crippen molar-refractivity contribution in [1.82, 2.24) is 4.72 Å². The van der Waals surface area contributed by atoms with Gasteiger partial charge in [-0.15, -0.1) is 11.3 Å². The summed E-state index contributed by atoms with van der Waals surface area (Å²) in [5.74, 6) is 0. The van der Waals surface area contributed by atoms with Crippen LogP contribution in [0.1, 0.15) is 4.88 Å². The van der Waals surface area contributed by atoms with Crippen molar-refractivity contribution in [2.24, 2.45) is 0 Å². The summed E-state index contributed by atoms with van der Waals surface area (Å²) < 4.78 is 48.7.